The van der Waals surface area contributed by atoms with Crippen LogP contribution in [0.25, 0.3) is 0 Å². The first kappa shape index (κ1) is 8.39. The minimum absolute atomic E-state index is 0.309. The van der Waals surface area contributed by atoms with E-state index >= 15 is 0 Å². The quantitative estimate of drug-likeness (QED) is 0.455. The summed E-state index contributed by atoms with van der Waals surface area (Å²) in [6.07, 6.45) is 0. The number of carbonyl (C=O) groups is 1. The van der Waals surface area contributed by atoms with Gasteiger partial charge in [0.15, 0.2) is 0 Å². The van der Waals surface area contributed by atoms with Crippen LogP contribution < -0.4 is 5.32 Å². The van der Waals surface area contributed by atoms with Crippen molar-refractivity contribution in [1.29, 1.82) is 0 Å². The molecule has 0 amide bonds. The van der Waals surface area contributed by atoms with Crippen molar-refractivity contribution in [2.75, 3.05) is 20.2 Å². The third kappa shape index (κ3) is 3.05. The molecule has 0 rings (SSSR count). The van der Waals surface area contributed by atoms with E-state index in [0.29, 0.717) is 6.54 Å². The van der Waals surface area contributed by atoms with E-state index in [0.717, 1.165) is 0 Å². The highest BCUT2D eigenvalue weighted by atomic mass is 16.4. The molecule has 4 nitrogen and oxygen atoms in total. The average Bonchev–Trinajstić information content (AvgIpc) is 1.82. The molecular weight excluding hydrogens is 122 g/mol. The SMILES string of the molecule is CNC[C@H](CO)C(=O)O. The largest absolute Gasteiger partial charge is 0.481 e. The number of nitrogens with one attached hydrogen (secondary N) is 1. The van der Waals surface area contributed by atoms with Crippen molar-refractivity contribution in [3.63, 3.8) is 0 Å². The van der Waals surface area contributed by atoms with Crippen molar-refractivity contribution >= 4 is 5.97 Å². The smallest absolute Gasteiger partial charge is 0.310 e. The lowest BCUT2D eigenvalue weighted by Crippen LogP contribution is -2.28. The van der Waals surface area contributed by atoms with Gasteiger partial charge in [0.1, 0.15) is 0 Å². The van der Waals surface area contributed by atoms with Crippen LogP contribution in [-0.2, 0) is 4.79 Å². The van der Waals surface area contributed by atoms with Crippen molar-refractivity contribution < 1.29 is 15.0 Å². The first-order chi connectivity index (χ1) is 4.22. The van der Waals surface area contributed by atoms with Gasteiger partial charge in [-0.25, -0.2) is 0 Å². The Kier molecular flexibility index (Phi) is 4.00. The van der Waals surface area contributed by atoms with Gasteiger partial charge in [0.05, 0.1) is 12.5 Å². The normalized spacial score (nSPS) is 13.1. The van der Waals surface area contributed by atoms with Crippen LogP contribution in [0.3, 0.4) is 0 Å². The number of aliphatic hydroxyl groups is 1. The van der Waals surface area contributed by atoms with Crippen LogP contribution in [0.15, 0.2) is 0 Å². The fraction of sp³-hybridized carbons (Fsp3) is 0.800. The predicted molar refractivity (Wildman–Crippen MR) is 32.1 cm³/mol. The number of carboxylic acid groups (broad SMARTS) is 1. The Morgan fingerprint density at radius 2 is 2.33 bits per heavy atom. The maximum Gasteiger partial charge on any atom is 0.310 e. The molecule has 0 fully saturated rings. The van der Waals surface area contributed by atoms with E-state index < -0.39 is 11.9 Å². The summed E-state index contributed by atoms with van der Waals surface area (Å²) in [5, 5.41) is 19.4. The molecular formula is C5H11NO3. The Labute approximate surface area is 53.5 Å². The lowest BCUT2D eigenvalue weighted by Gasteiger charge is -2.05. The molecule has 0 saturated heterocycles. The standard InChI is InChI=1S/C5H11NO3/c1-6-2-4(3-7)5(8)9/h4,6-7H,2-3H2,1H3,(H,8,9)/t4-/m1/s1. The molecule has 1 atom stereocenters. The monoisotopic (exact) mass is 133 g/mol. The van der Waals surface area contributed by atoms with Crippen LogP contribution in [0, 0.1) is 5.92 Å². The summed E-state index contributed by atoms with van der Waals surface area (Å²) in [6.45, 7) is 0.00199. The summed E-state index contributed by atoms with van der Waals surface area (Å²) in [6, 6.07) is 0. The lowest BCUT2D eigenvalue weighted by atomic mass is 10.2. The van der Waals surface area contributed by atoms with Gasteiger partial charge in [0.2, 0.25) is 0 Å². The third-order valence-electron chi connectivity index (χ3n) is 1.02. The summed E-state index contributed by atoms with van der Waals surface area (Å²) in [5.41, 5.74) is 0. The Balaban J connectivity index is 3.54. The van der Waals surface area contributed by atoms with Crippen molar-refractivity contribution in [2.24, 2.45) is 5.92 Å². The van der Waals surface area contributed by atoms with Crippen molar-refractivity contribution in [2.45, 2.75) is 0 Å². The molecule has 9 heavy (non-hydrogen) atoms. The lowest BCUT2D eigenvalue weighted by molar-refractivity contribution is -0.142. The van der Waals surface area contributed by atoms with E-state index in [-0.39, 0.29) is 6.61 Å². The minimum Gasteiger partial charge on any atom is -0.481 e. The molecule has 0 heterocycles. The number of aliphatic hydroxyl groups excluding tert-OH is 1. The second-order valence-electron chi connectivity index (χ2n) is 1.78. The van der Waals surface area contributed by atoms with Gasteiger partial charge >= 0.3 is 5.97 Å². The summed E-state index contributed by atoms with van der Waals surface area (Å²) < 4.78 is 0. The van der Waals surface area contributed by atoms with Gasteiger partial charge in [-0.1, -0.05) is 0 Å². The van der Waals surface area contributed by atoms with E-state index in [9.17, 15) is 4.79 Å². The molecule has 4 heteroatoms. The van der Waals surface area contributed by atoms with Crippen LogP contribution in [0.5, 0.6) is 0 Å². The first-order valence-corrected chi connectivity index (χ1v) is 2.70. The van der Waals surface area contributed by atoms with Crippen molar-refractivity contribution in [1.82, 2.24) is 5.32 Å². The maximum atomic E-state index is 10.1. The molecule has 0 aliphatic rings. The van der Waals surface area contributed by atoms with Gasteiger partial charge in [-0.2, -0.15) is 0 Å². The van der Waals surface area contributed by atoms with Crippen LogP contribution in [0.2, 0.25) is 0 Å². The Morgan fingerprint density at radius 1 is 1.78 bits per heavy atom. The average molecular weight is 133 g/mol. The van der Waals surface area contributed by atoms with Crippen molar-refractivity contribution in [3.8, 4) is 0 Å². The zero-order chi connectivity index (χ0) is 7.28. The van der Waals surface area contributed by atoms with E-state index in [1.807, 2.05) is 0 Å². The van der Waals surface area contributed by atoms with E-state index in [4.69, 9.17) is 10.2 Å². The summed E-state index contributed by atoms with van der Waals surface area (Å²) in [7, 11) is 1.64. The van der Waals surface area contributed by atoms with E-state index in [2.05, 4.69) is 5.32 Å². The molecule has 0 aromatic carbocycles. The fourth-order valence-electron chi connectivity index (χ4n) is 0.476. The van der Waals surface area contributed by atoms with Gasteiger partial charge in [-0.3, -0.25) is 4.79 Å². The molecule has 0 bridgehead atoms. The molecule has 0 aromatic heterocycles. The molecule has 3 N–H and O–H groups in total. The Bertz CT molecular complexity index is 94.2. The van der Waals surface area contributed by atoms with Crippen LogP contribution in [-0.4, -0.2) is 36.4 Å². The van der Waals surface area contributed by atoms with Gasteiger partial charge in [-0.15, -0.1) is 0 Å². The Morgan fingerprint density at radius 3 is 2.44 bits per heavy atom. The number of hydrogen-bond acceptors (Lipinski definition) is 3. The van der Waals surface area contributed by atoms with Crippen LogP contribution >= 0.6 is 0 Å². The highest BCUT2D eigenvalue weighted by molar-refractivity contribution is 5.70. The number of aliphatic carboxylic acids is 1. The molecule has 0 aliphatic carbocycles. The molecule has 0 unspecified atom stereocenters. The number of rotatable bonds is 4. The first-order valence-electron chi connectivity index (χ1n) is 2.70. The highest BCUT2D eigenvalue weighted by Crippen LogP contribution is 1.90. The van der Waals surface area contributed by atoms with E-state index in [1.165, 1.54) is 0 Å². The summed E-state index contributed by atoms with van der Waals surface area (Å²) in [5.74, 6) is -1.64. The number of hydrogen-bond donors (Lipinski definition) is 3. The second-order valence-corrected chi connectivity index (χ2v) is 1.78. The zero-order valence-corrected chi connectivity index (χ0v) is 5.29. The van der Waals surface area contributed by atoms with Gasteiger partial charge in [-0.05, 0) is 7.05 Å². The van der Waals surface area contributed by atoms with Gasteiger partial charge < -0.3 is 15.5 Å². The highest BCUT2D eigenvalue weighted by Gasteiger charge is 2.13. The Hall–Kier alpha value is -0.610. The van der Waals surface area contributed by atoms with E-state index in [1.54, 1.807) is 7.05 Å². The summed E-state index contributed by atoms with van der Waals surface area (Å²) in [4.78, 5) is 10.1. The molecule has 0 radical (unpaired) electrons. The maximum absolute atomic E-state index is 10.1. The molecule has 0 aromatic rings. The van der Waals surface area contributed by atoms with Crippen LogP contribution in [0.4, 0.5) is 0 Å². The predicted octanol–water partition coefficient (Wildman–Crippen LogP) is -1.10. The van der Waals surface area contributed by atoms with Crippen molar-refractivity contribution in [3.05, 3.63) is 0 Å². The molecule has 54 valence electrons. The topological polar surface area (TPSA) is 69.6 Å². The second kappa shape index (κ2) is 4.29. The summed E-state index contributed by atoms with van der Waals surface area (Å²) >= 11 is 0. The third-order valence-corrected chi connectivity index (χ3v) is 1.02. The van der Waals surface area contributed by atoms with Crippen LogP contribution in [0.1, 0.15) is 0 Å². The molecule has 0 saturated carbocycles. The number of carboxylic acids is 1. The minimum atomic E-state index is -0.966. The zero-order valence-electron chi connectivity index (χ0n) is 5.29. The molecule has 0 aliphatic heterocycles. The fourth-order valence-corrected chi connectivity index (χ4v) is 0.476. The molecule has 0 spiro atoms. The van der Waals surface area contributed by atoms with Gasteiger partial charge in [0.25, 0.3) is 0 Å². The van der Waals surface area contributed by atoms with Gasteiger partial charge in [0, 0.05) is 6.54 Å².